The highest BCUT2D eigenvalue weighted by Crippen LogP contribution is 2.23. The summed E-state index contributed by atoms with van der Waals surface area (Å²) in [5.74, 6) is -0.439. The third-order valence-electron chi connectivity index (χ3n) is 5.13. The number of nitrogens with one attached hydrogen (secondary N) is 4. The normalized spacial score (nSPS) is 17.1. The van der Waals surface area contributed by atoms with Crippen molar-refractivity contribution in [3.63, 3.8) is 0 Å². The highest BCUT2D eigenvalue weighted by Gasteiger charge is 2.31. The van der Waals surface area contributed by atoms with Crippen LogP contribution in [0.15, 0.2) is 48.5 Å². The van der Waals surface area contributed by atoms with Gasteiger partial charge in [-0.2, -0.15) is 0 Å². The Labute approximate surface area is 173 Å². The van der Waals surface area contributed by atoms with Gasteiger partial charge in [-0.1, -0.05) is 38.1 Å². The predicted octanol–water partition coefficient (Wildman–Crippen LogP) is 2.52. The van der Waals surface area contributed by atoms with E-state index in [1.54, 1.807) is 24.3 Å². The zero-order valence-electron chi connectivity index (χ0n) is 16.7. The number of carbonyl (C=O) groups excluding carboxylic acids is 3. The zero-order chi connectivity index (χ0) is 21.3. The van der Waals surface area contributed by atoms with Crippen molar-refractivity contribution < 1.29 is 14.4 Å². The number of hydrogen-bond acceptors (Lipinski definition) is 4. The predicted molar refractivity (Wildman–Crippen MR) is 113 cm³/mol. The number of fused-ring (bicyclic) bond motifs is 2. The molecule has 30 heavy (non-hydrogen) atoms. The van der Waals surface area contributed by atoms with Gasteiger partial charge in [-0.05, 0) is 30.2 Å². The Bertz CT molecular complexity index is 1090. The lowest BCUT2D eigenvalue weighted by Crippen LogP contribution is -2.45. The molecule has 2 heterocycles. The Morgan fingerprint density at radius 2 is 1.83 bits per heavy atom. The molecule has 0 fully saturated rings. The molecule has 3 aromatic rings. The number of carbonyl (C=O) groups is 3. The first-order valence-electron chi connectivity index (χ1n) is 9.87. The summed E-state index contributed by atoms with van der Waals surface area (Å²) in [5, 5.41) is 8.31. The molecule has 2 atom stereocenters. The van der Waals surface area contributed by atoms with E-state index in [4.69, 9.17) is 0 Å². The summed E-state index contributed by atoms with van der Waals surface area (Å²) in [6, 6.07) is 13.1. The maximum Gasteiger partial charge on any atom is 0.254 e. The second-order valence-corrected chi connectivity index (χ2v) is 7.69. The number of anilines is 1. The van der Waals surface area contributed by atoms with Gasteiger partial charge in [0, 0.05) is 0 Å². The maximum atomic E-state index is 12.8. The van der Waals surface area contributed by atoms with Gasteiger partial charge in [0.1, 0.15) is 11.9 Å². The number of H-pyrrole nitrogens is 1. The highest BCUT2D eigenvalue weighted by atomic mass is 16.2. The number of rotatable bonds is 5. The van der Waals surface area contributed by atoms with Gasteiger partial charge in [0.05, 0.1) is 34.7 Å². The molecule has 154 valence electrons. The van der Waals surface area contributed by atoms with Crippen molar-refractivity contribution in [3.8, 4) is 0 Å². The standard InChI is InChI=1S/C22H23N5O3/c1-12(2)19(20-23-15-9-5-6-10-16(15)24-20)27-18(28)11-17-22(30)25-14-8-4-3-7-13(14)21(29)26-17/h3-10,12,17,19H,11H2,1-2H3,(H,23,24)(H,25,30)(H,26,29)(H,27,28)/t17-,19-/m1/s1. The summed E-state index contributed by atoms with van der Waals surface area (Å²) < 4.78 is 0. The van der Waals surface area contributed by atoms with E-state index in [2.05, 4.69) is 25.9 Å². The molecular weight excluding hydrogens is 382 g/mol. The van der Waals surface area contributed by atoms with Crippen LogP contribution in [0.5, 0.6) is 0 Å². The molecule has 0 saturated heterocycles. The SMILES string of the molecule is CC(C)[C@@H](NC(=O)C[C@H]1NC(=O)c2ccccc2NC1=O)c1nc2ccccc2[nH]1. The maximum absolute atomic E-state index is 12.8. The number of imidazole rings is 1. The van der Waals surface area contributed by atoms with E-state index in [1.807, 2.05) is 38.1 Å². The summed E-state index contributed by atoms with van der Waals surface area (Å²) in [6.07, 6.45) is -0.172. The molecule has 4 rings (SSSR count). The van der Waals surface area contributed by atoms with Crippen LogP contribution in [-0.4, -0.2) is 33.7 Å². The van der Waals surface area contributed by atoms with Crippen LogP contribution in [0.3, 0.4) is 0 Å². The summed E-state index contributed by atoms with van der Waals surface area (Å²) in [5.41, 5.74) is 2.52. The van der Waals surface area contributed by atoms with E-state index in [-0.39, 0.29) is 30.2 Å². The number of aromatic nitrogens is 2. The van der Waals surface area contributed by atoms with E-state index < -0.39 is 11.9 Å². The quantitative estimate of drug-likeness (QED) is 0.522. The van der Waals surface area contributed by atoms with E-state index in [1.165, 1.54) is 0 Å². The monoisotopic (exact) mass is 405 g/mol. The first kappa shape index (κ1) is 19.6. The molecule has 8 heteroatoms. The average Bonchev–Trinajstić information content (AvgIpc) is 3.10. The topological polar surface area (TPSA) is 116 Å². The molecule has 1 aliphatic heterocycles. The minimum atomic E-state index is -0.964. The fraction of sp³-hybridized carbons (Fsp3) is 0.273. The minimum absolute atomic E-state index is 0.0660. The third-order valence-corrected chi connectivity index (χ3v) is 5.13. The van der Waals surface area contributed by atoms with Crippen molar-refractivity contribution in [3.05, 3.63) is 59.9 Å². The van der Waals surface area contributed by atoms with Crippen LogP contribution in [0, 0.1) is 5.92 Å². The Balaban J connectivity index is 1.48. The van der Waals surface area contributed by atoms with E-state index >= 15 is 0 Å². The number of amides is 3. The van der Waals surface area contributed by atoms with Crippen LogP contribution in [0.1, 0.15) is 42.5 Å². The lowest BCUT2D eigenvalue weighted by Gasteiger charge is -2.22. The molecule has 0 aliphatic carbocycles. The fourth-order valence-electron chi connectivity index (χ4n) is 3.54. The van der Waals surface area contributed by atoms with Crippen LogP contribution in [-0.2, 0) is 9.59 Å². The summed E-state index contributed by atoms with van der Waals surface area (Å²) in [7, 11) is 0. The third kappa shape index (κ3) is 3.89. The van der Waals surface area contributed by atoms with E-state index in [0.29, 0.717) is 17.1 Å². The van der Waals surface area contributed by atoms with Crippen molar-refractivity contribution in [1.29, 1.82) is 0 Å². The van der Waals surface area contributed by atoms with Gasteiger partial charge in [0.2, 0.25) is 11.8 Å². The highest BCUT2D eigenvalue weighted by molar-refractivity contribution is 6.10. The van der Waals surface area contributed by atoms with Crippen molar-refractivity contribution >= 4 is 34.4 Å². The Morgan fingerprint density at radius 3 is 2.60 bits per heavy atom. The van der Waals surface area contributed by atoms with Gasteiger partial charge in [-0.3, -0.25) is 14.4 Å². The van der Waals surface area contributed by atoms with Crippen molar-refractivity contribution in [2.45, 2.75) is 32.4 Å². The Morgan fingerprint density at radius 1 is 1.10 bits per heavy atom. The first-order valence-corrected chi connectivity index (χ1v) is 9.87. The second kappa shape index (κ2) is 7.98. The summed E-state index contributed by atoms with van der Waals surface area (Å²) in [4.78, 5) is 45.6. The molecule has 2 aromatic carbocycles. The molecular formula is C22H23N5O3. The van der Waals surface area contributed by atoms with Crippen LogP contribution in [0.2, 0.25) is 0 Å². The first-order chi connectivity index (χ1) is 14.4. The summed E-state index contributed by atoms with van der Waals surface area (Å²) >= 11 is 0. The molecule has 4 N–H and O–H groups in total. The minimum Gasteiger partial charge on any atom is -0.346 e. The van der Waals surface area contributed by atoms with E-state index in [9.17, 15) is 14.4 Å². The van der Waals surface area contributed by atoms with Gasteiger partial charge in [-0.25, -0.2) is 4.98 Å². The average molecular weight is 405 g/mol. The molecule has 3 amide bonds. The van der Waals surface area contributed by atoms with Gasteiger partial charge >= 0.3 is 0 Å². The molecule has 0 bridgehead atoms. The number of para-hydroxylation sites is 3. The largest absolute Gasteiger partial charge is 0.346 e. The van der Waals surface area contributed by atoms with Gasteiger partial charge in [-0.15, -0.1) is 0 Å². The van der Waals surface area contributed by atoms with Gasteiger partial charge < -0.3 is 20.9 Å². The lowest BCUT2D eigenvalue weighted by atomic mass is 10.0. The zero-order valence-corrected chi connectivity index (χ0v) is 16.7. The molecule has 0 radical (unpaired) electrons. The van der Waals surface area contributed by atoms with Crippen LogP contribution >= 0.6 is 0 Å². The van der Waals surface area contributed by atoms with Gasteiger partial charge in [0.25, 0.3) is 5.91 Å². The Kier molecular flexibility index (Phi) is 5.22. The summed E-state index contributed by atoms with van der Waals surface area (Å²) in [6.45, 7) is 3.96. The van der Waals surface area contributed by atoms with Crippen LogP contribution < -0.4 is 16.0 Å². The van der Waals surface area contributed by atoms with Crippen molar-refractivity contribution in [1.82, 2.24) is 20.6 Å². The van der Waals surface area contributed by atoms with Crippen molar-refractivity contribution in [2.24, 2.45) is 5.92 Å². The van der Waals surface area contributed by atoms with Gasteiger partial charge in [0.15, 0.2) is 0 Å². The number of aromatic amines is 1. The molecule has 1 aromatic heterocycles. The van der Waals surface area contributed by atoms with Crippen molar-refractivity contribution in [2.75, 3.05) is 5.32 Å². The van der Waals surface area contributed by atoms with Crippen LogP contribution in [0.4, 0.5) is 5.69 Å². The Hall–Kier alpha value is -3.68. The molecule has 8 nitrogen and oxygen atoms in total. The second-order valence-electron chi connectivity index (χ2n) is 7.69. The lowest BCUT2D eigenvalue weighted by molar-refractivity contribution is -0.126. The smallest absolute Gasteiger partial charge is 0.254 e. The number of nitrogens with zero attached hydrogens (tertiary/aromatic N) is 1. The van der Waals surface area contributed by atoms with Crippen LogP contribution in [0.25, 0.3) is 11.0 Å². The molecule has 0 spiro atoms. The molecule has 0 saturated carbocycles. The number of benzene rings is 2. The molecule has 0 unspecified atom stereocenters. The molecule has 1 aliphatic rings. The number of hydrogen-bond donors (Lipinski definition) is 4. The fourth-order valence-corrected chi connectivity index (χ4v) is 3.54. The van der Waals surface area contributed by atoms with E-state index in [0.717, 1.165) is 11.0 Å².